The summed E-state index contributed by atoms with van der Waals surface area (Å²) in [5.74, 6) is 0.315. The molecule has 4 rings (SSSR count). The van der Waals surface area contributed by atoms with E-state index in [2.05, 4.69) is 17.0 Å². The van der Waals surface area contributed by atoms with Crippen LogP contribution in [0.5, 0.6) is 5.75 Å². The molecule has 6 nitrogen and oxygen atoms in total. The molecule has 1 saturated heterocycles. The van der Waals surface area contributed by atoms with E-state index in [9.17, 15) is 9.59 Å². The smallest absolute Gasteiger partial charge is 0.242 e. The van der Waals surface area contributed by atoms with Crippen LogP contribution < -0.4 is 15.1 Å². The highest BCUT2D eigenvalue weighted by Gasteiger charge is 2.22. The number of rotatable bonds is 6. The second kappa shape index (κ2) is 9.73. The van der Waals surface area contributed by atoms with Crippen LogP contribution in [-0.2, 0) is 17.9 Å². The molecule has 0 N–H and O–H groups in total. The summed E-state index contributed by atoms with van der Waals surface area (Å²) >= 11 is 0. The minimum atomic E-state index is -0.170. The number of ether oxygens (including phenoxy) is 1. The number of para-hydroxylation sites is 1. The van der Waals surface area contributed by atoms with Gasteiger partial charge in [-0.25, -0.2) is 0 Å². The fourth-order valence-electron chi connectivity index (χ4n) is 3.96. The van der Waals surface area contributed by atoms with Crippen molar-refractivity contribution in [2.45, 2.75) is 27.0 Å². The van der Waals surface area contributed by atoms with Crippen molar-refractivity contribution in [3.63, 3.8) is 0 Å². The molecule has 1 aliphatic rings. The molecule has 32 heavy (non-hydrogen) atoms. The first-order valence-electron chi connectivity index (χ1n) is 11.0. The van der Waals surface area contributed by atoms with Crippen LogP contribution in [0, 0.1) is 13.8 Å². The molecular formula is C26H29N3O3. The van der Waals surface area contributed by atoms with E-state index in [0.717, 1.165) is 29.9 Å². The van der Waals surface area contributed by atoms with Gasteiger partial charge in [-0.1, -0.05) is 42.5 Å². The topological polar surface area (TPSA) is 54.8 Å². The highest BCUT2D eigenvalue weighted by molar-refractivity contribution is 5.76. The third-order valence-electron chi connectivity index (χ3n) is 6.01. The van der Waals surface area contributed by atoms with E-state index in [4.69, 9.17) is 4.74 Å². The van der Waals surface area contributed by atoms with E-state index >= 15 is 0 Å². The summed E-state index contributed by atoms with van der Waals surface area (Å²) in [5, 5.41) is 0. The number of aryl methyl sites for hydroxylation is 2. The van der Waals surface area contributed by atoms with Crippen LogP contribution in [-0.4, -0.2) is 41.6 Å². The largest absolute Gasteiger partial charge is 0.483 e. The zero-order valence-electron chi connectivity index (χ0n) is 18.7. The van der Waals surface area contributed by atoms with Crippen molar-refractivity contribution in [3.05, 3.63) is 93.9 Å². The van der Waals surface area contributed by atoms with Gasteiger partial charge < -0.3 is 19.1 Å². The van der Waals surface area contributed by atoms with E-state index in [1.807, 2.05) is 61.2 Å². The third kappa shape index (κ3) is 5.02. The highest BCUT2D eigenvalue weighted by atomic mass is 16.5. The Bertz CT molecular complexity index is 1130. The van der Waals surface area contributed by atoms with Gasteiger partial charge in [0.05, 0.1) is 6.20 Å². The summed E-state index contributed by atoms with van der Waals surface area (Å²) in [7, 11) is 0. The molecule has 166 valence electrons. The standard InChI is InChI=1S/C26H29N3O3/c1-20-8-6-7-9-22(20)19-32-25-17-29(21(2)16-24(25)30)18-26(31)28-14-12-27(13-15-28)23-10-4-3-5-11-23/h3-11,16-17H,12-15,18-19H2,1-2H3. The second-order valence-electron chi connectivity index (χ2n) is 8.19. The van der Waals surface area contributed by atoms with Crippen molar-refractivity contribution < 1.29 is 9.53 Å². The average molecular weight is 432 g/mol. The molecule has 0 atom stereocenters. The Morgan fingerprint density at radius 3 is 2.34 bits per heavy atom. The maximum absolute atomic E-state index is 13.0. The van der Waals surface area contributed by atoms with Crippen LogP contribution in [0.25, 0.3) is 0 Å². The first kappa shape index (κ1) is 21.7. The molecule has 0 spiro atoms. The van der Waals surface area contributed by atoms with Crippen LogP contribution in [0.1, 0.15) is 16.8 Å². The van der Waals surface area contributed by atoms with E-state index in [1.165, 1.54) is 11.8 Å². The lowest BCUT2D eigenvalue weighted by Crippen LogP contribution is -2.49. The number of hydrogen-bond donors (Lipinski definition) is 0. The third-order valence-corrected chi connectivity index (χ3v) is 6.01. The molecule has 0 radical (unpaired) electrons. The van der Waals surface area contributed by atoms with Crippen LogP contribution in [0.2, 0.25) is 0 Å². The number of nitrogens with zero attached hydrogens (tertiary/aromatic N) is 3. The molecule has 1 fully saturated rings. The normalized spacial score (nSPS) is 13.8. The quantitative estimate of drug-likeness (QED) is 0.600. The van der Waals surface area contributed by atoms with Crippen LogP contribution >= 0.6 is 0 Å². The summed E-state index contributed by atoms with van der Waals surface area (Å²) < 4.78 is 7.63. The number of amides is 1. The van der Waals surface area contributed by atoms with Crippen LogP contribution in [0.15, 0.2) is 71.7 Å². The van der Waals surface area contributed by atoms with Crippen LogP contribution in [0.4, 0.5) is 5.69 Å². The first-order valence-corrected chi connectivity index (χ1v) is 11.0. The molecule has 0 bridgehead atoms. The van der Waals surface area contributed by atoms with Crippen molar-refractivity contribution in [1.82, 2.24) is 9.47 Å². The Balaban J connectivity index is 1.39. The minimum Gasteiger partial charge on any atom is -0.483 e. The van der Waals surface area contributed by atoms with Gasteiger partial charge in [0.2, 0.25) is 11.3 Å². The number of carbonyl (C=O) groups is 1. The van der Waals surface area contributed by atoms with Gasteiger partial charge in [-0.3, -0.25) is 9.59 Å². The molecule has 2 heterocycles. The summed E-state index contributed by atoms with van der Waals surface area (Å²) in [6.07, 6.45) is 1.66. The summed E-state index contributed by atoms with van der Waals surface area (Å²) in [5.41, 5.74) is 3.91. The fraction of sp³-hybridized carbons (Fsp3) is 0.308. The average Bonchev–Trinajstić information content (AvgIpc) is 2.81. The number of anilines is 1. The second-order valence-corrected chi connectivity index (χ2v) is 8.19. The summed E-state index contributed by atoms with van der Waals surface area (Å²) in [6.45, 7) is 7.36. The molecule has 6 heteroatoms. The number of piperazine rings is 1. The Labute approximate surface area is 188 Å². The van der Waals surface area contributed by atoms with Gasteiger partial charge in [-0.2, -0.15) is 0 Å². The highest BCUT2D eigenvalue weighted by Crippen LogP contribution is 2.16. The van der Waals surface area contributed by atoms with Crippen LogP contribution in [0.3, 0.4) is 0 Å². The molecule has 1 aromatic heterocycles. The predicted octanol–water partition coefficient (Wildman–Crippen LogP) is 3.39. The monoisotopic (exact) mass is 431 g/mol. The molecule has 1 aliphatic heterocycles. The molecule has 0 saturated carbocycles. The van der Waals surface area contributed by atoms with Crippen molar-refractivity contribution in [2.75, 3.05) is 31.1 Å². The van der Waals surface area contributed by atoms with Crippen molar-refractivity contribution in [1.29, 1.82) is 0 Å². The Morgan fingerprint density at radius 1 is 0.938 bits per heavy atom. The molecular weight excluding hydrogens is 402 g/mol. The minimum absolute atomic E-state index is 0.0503. The van der Waals surface area contributed by atoms with Gasteiger partial charge in [0.15, 0.2) is 5.75 Å². The lowest BCUT2D eigenvalue weighted by Gasteiger charge is -2.36. The SMILES string of the molecule is Cc1ccccc1COc1cn(CC(=O)N2CCN(c3ccccc3)CC2)c(C)cc1=O. The maximum Gasteiger partial charge on any atom is 0.242 e. The van der Waals surface area contributed by atoms with Gasteiger partial charge >= 0.3 is 0 Å². The number of benzene rings is 2. The number of carbonyl (C=O) groups excluding carboxylic acids is 1. The van der Waals surface area contributed by atoms with Gasteiger partial charge in [-0.05, 0) is 37.1 Å². The number of aromatic nitrogens is 1. The van der Waals surface area contributed by atoms with Gasteiger partial charge in [0, 0.05) is 43.6 Å². The number of hydrogen-bond acceptors (Lipinski definition) is 4. The zero-order chi connectivity index (χ0) is 22.5. The molecule has 0 aliphatic carbocycles. The van der Waals surface area contributed by atoms with E-state index in [0.29, 0.717) is 19.7 Å². The first-order chi connectivity index (χ1) is 15.5. The molecule has 0 unspecified atom stereocenters. The number of pyridine rings is 1. The Kier molecular flexibility index (Phi) is 6.59. The van der Waals surface area contributed by atoms with Gasteiger partial charge in [0.1, 0.15) is 13.2 Å². The van der Waals surface area contributed by atoms with Crippen molar-refractivity contribution >= 4 is 11.6 Å². The summed E-state index contributed by atoms with van der Waals surface area (Å²) in [6, 6.07) is 19.7. The lowest BCUT2D eigenvalue weighted by molar-refractivity contribution is -0.132. The maximum atomic E-state index is 13.0. The van der Waals surface area contributed by atoms with E-state index < -0.39 is 0 Å². The van der Waals surface area contributed by atoms with Crippen molar-refractivity contribution in [2.24, 2.45) is 0 Å². The lowest BCUT2D eigenvalue weighted by atomic mass is 10.1. The summed E-state index contributed by atoms with van der Waals surface area (Å²) in [4.78, 5) is 29.6. The predicted molar refractivity (Wildman–Crippen MR) is 126 cm³/mol. The zero-order valence-corrected chi connectivity index (χ0v) is 18.7. The molecule has 2 aromatic carbocycles. The van der Waals surface area contributed by atoms with Gasteiger partial charge in [-0.15, -0.1) is 0 Å². The van der Waals surface area contributed by atoms with E-state index in [-0.39, 0.29) is 23.6 Å². The van der Waals surface area contributed by atoms with Crippen molar-refractivity contribution in [3.8, 4) is 5.75 Å². The Morgan fingerprint density at radius 2 is 1.62 bits per heavy atom. The fourth-order valence-corrected chi connectivity index (χ4v) is 3.96. The molecule has 1 amide bonds. The Hall–Kier alpha value is -3.54. The molecule has 3 aromatic rings. The van der Waals surface area contributed by atoms with Gasteiger partial charge in [0.25, 0.3) is 0 Å². The van der Waals surface area contributed by atoms with E-state index in [1.54, 1.807) is 10.8 Å².